The number of Topliss-reactive ketones (excluding diaryl/α,β-unsaturated/α-hetero) is 2. The second-order valence-electron chi connectivity index (χ2n) is 9.99. The number of carbonyl (C=O) groups is 2. The lowest BCUT2D eigenvalue weighted by Gasteiger charge is -2.60. The first-order valence-electron chi connectivity index (χ1n) is 10.0. The highest BCUT2D eigenvalue weighted by molar-refractivity contribution is 5.90. The maximum absolute atomic E-state index is 12.4. The minimum Gasteiger partial charge on any atom is -0.357 e. The van der Waals surface area contributed by atoms with Crippen LogP contribution in [0.3, 0.4) is 0 Å². The first-order valence-corrected chi connectivity index (χ1v) is 10.0. The normalized spacial score (nSPS) is 58.3. The van der Waals surface area contributed by atoms with Crippen LogP contribution in [-0.2, 0) is 14.3 Å². The van der Waals surface area contributed by atoms with Crippen molar-refractivity contribution in [3.05, 3.63) is 0 Å². The van der Waals surface area contributed by atoms with Crippen LogP contribution >= 0.6 is 0 Å². The zero-order valence-electron chi connectivity index (χ0n) is 15.3. The van der Waals surface area contributed by atoms with Gasteiger partial charge in [-0.1, -0.05) is 13.8 Å². The molecule has 0 aromatic heterocycles. The first-order chi connectivity index (χ1) is 11.3. The standard InChI is InChI=1S/C21H30O3/c1-12(22)21-18(24-21)11-17-15-5-4-13-10-14(23)6-8-19(13,2)16(15)7-9-20(17,21)3/h13,15-18H,4-11H2,1-3H3/t13-,15?,16?,17?,18+,19-,20-,21+/m0/s1. The van der Waals surface area contributed by atoms with Crippen molar-refractivity contribution >= 4 is 11.6 Å². The fourth-order valence-electron chi connectivity index (χ4n) is 8.11. The summed E-state index contributed by atoms with van der Waals surface area (Å²) in [5.74, 6) is 3.50. The van der Waals surface area contributed by atoms with Crippen molar-refractivity contribution in [2.24, 2.45) is 34.5 Å². The molecule has 0 spiro atoms. The molecule has 132 valence electrons. The van der Waals surface area contributed by atoms with Gasteiger partial charge in [0.15, 0.2) is 11.4 Å². The number of rotatable bonds is 1. The molecule has 5 rings (SSSR count). The Kier molecular flexibility index (Phi) is 2.93. The molecule has 5 fully saturated rings. The molecule has 24 heavy (non-hydrogen) atoms. The van der Waals surface area contributed by atoms with E-state index in [0.29, 0.717) is 23.0 Å². The first kappa shape index (κ1) is 15.5. The summed E-state index contributed by atoms with van der Waals surface area (Å²) in [4.78, 5) is 24.4. The minimum absolute atomic E-state index is 0.0539. The Hall–Kier alpha value is -0.700. The van der Waals surface area contributed by atoms with Gasteiger partial charge in [0.1, 0.15) is 5.78 Å². The maximum atomic E-state index is 12.4. The monoisotopic (exact) mass is 330 g/mol. The van der Waals surface area contributed by atoms with E-state index < -0.39 is 5.60 Å². The molecular formula is C21H30O3. The van der Waals surface area contributed by atoms with Gasteiger partial charge in [0.25, 0.3) is 0 Å². The molecule has 5 aliphatic rings. The van der Waals surface area contributed by atoms with Crippen molar-refractivity contribution in [1.82, 2.24) is 0 Å². The zero-order valence-corrected chi connectivity index (χ0v) is 15.3. The molecule has 3 heteroatoms. The molecule has 1 heterocycles. The zero-order chi connectivity index (χ0) is 16.9. The number of carbonyl (C=O) groups excluding carboxylic acids is 2. The number of ketones is 2. The van der Waals surface area contributed by atoms with Gasteiger partial charge in [-0.15, -0.1) is 0 Å². The van der Waals surface area contributed by atoms with Gasteiger partial charge in [0.05, 0.1) is 6.10 Å². The van der Waals surface area contributed by atoms with Gasteiger partial charge in [-0.25, -0.2) is 0 Å². The van der Waals surface area contributed by atoms with E-state index in [2.05, 4.69) is 13.8 Å². The lowest BCUT2D eigenvalue weighted by atomic mass is 9.44. The lowest BCUT2D eigenvalue weighted by Crippen LogP contribution is -2.56. The molecule has 4 aliphatic carbocycles. The summed E-state index contributed by atoms with van der Waals surface area (Å²) in [6.07, 6.45) is 8.84. The third-order valence-electron chi connectivity index (χ3n) is 9.44. The molecule has 0 aromatic carbocycles. The number of hydrogen-bond acceptors (Lipinski definition) is 3. The fraction of sp³-hybridized carbons (Fsp3) is 0.905. The van der Waals surface area contributed by atoms with Crippen LogP contribution in [0.1, 0.15) is 72.1 Å². The van der Waals surface area contributed by atoms with Crippen LogP contribution in [0.5, 0.6) is 0 Å². The number of ether oxygens (including phenoxy) is 1. The van der Waals surface area contributed by atoms with Crippen LogP contribution in [0.15, 0.2) is 0 Å². The second-order valence-corrected chi connectivity index (χ2v) is 9.99. The van der Waals surface area contributed by atoms with E-state index in [-0.39, 0.29) is 17.3 Å². The summed E-state index contributed by atoms with van der Waals surface area (Å²) in [6, 6.07) is 0. The highest BCUT2D eigenvalue weighted by Crippen LogP contribution is 2.73. The largest absolute Gasteiger partial charge is 0.357 e. The molecule has 4 saturated carbocycles. The third kappa shape index (κ3) is 1.59. The highest BCUT2D eigenvalue weighted by atomic mass is 16.6. The van der Waals surface area contributed by atoms with Crippen molar-refractivity contribution in [3.8, 4) is 0 Å². The van der Waals surface area contributed by atoms with Crippen LogP contribution < -0.4 is 0 Å². The van der Waals surface area contributed by atoms with Gasteiger partial charge in [-0.2, -0.15) is 0 Å². The van der Waals surface area contributed by atoms with Gasteiger partial charge in [0.2, 0.25) is 0 Å². The molecule has 1 saturated heterocycles. The predicted molar refractivity (Wildman–Crippen MR) is 90.4 cm³/mol. The summed E-state index contributed by atoms with van der Waals surface area (Å²) in [6.45, 7) is 6.57. The van der Waals surface area contributed by atoms with Crippen LogP contribution in [0.2, 0.25) is 0 Å². The molecule has 0 bridgehead atoms. The smallest absolute Gasteiger partial charge is 0.164 e. The summed E-state index contributed by atoms with van der Waals surface area (Å²) >= 11 is 0. The molecule has 0 N–H and O–H groups in total. The number of epoxide rings is 1. The van der Waals surface area contributed by atoms with Crippen LogP contribution in [0.4, 0.5) is 0 Å². The van der Waals surface area contributed by atoms with Crippen molar-refractivity contribution in [3.63, 3.8) is 0 Å². The molecule has 0 amide bonds. The Morgan fingerprint density at radius 3 is 2.67 bits per heavy atom. The van der Waals surface area contributed by atoms with Crippen molar-refractivity contribution in [1.29, 1.82) is 0 Å². The molecule has 1 aliphatic heterocycles. The summed E-state index contributed by atoms with van der Waals surface area (Å²) < 4.78 is 6.01. The third-order valence-corrected chi connectivity index (χ3v) is 9.44. The number of hydrogen-bond donors (Lipinski definition) is 0. The quantitative estimate of drug-likeness (QED) is 0.684. The van der Waals surface area contributed by atoms with Gasteiger partial charge in [0, 0.05) is 18.3 Å². The van der Waals surface area contributed by atoms with Crippen LogP contribution in [-0.4, -0.2) is 23.3 Å². The number of fused-ring (bicyclic) bond motifs is 7. The van der Waals surface area contributed by atoms with E-state index in [9.17, 15) is 9.59 Å². The molecule has 3 nitrogen and oxygen atoms in total. The summed E-state index contributed by atoms with van der Waals surface area (Å²) in [7, 11) is 0. The lowest BCUT2D eigenvalue weighted by molar-refractivity contribution is -0.151. The van der Waals surface area contributed by atoms with Gasteiger partial charge >= 0.3 is 0 Å². The van der Waals surface area contributed by atoms with Gasteiger partial charge < -0.3 is 4.74 Å². The minimum atomic E-state index is -0.442. The predicted octanol–water partition coefficient (Wildman–Crippen LogP) is 3.93. The molecular weight excluding hydrogens is 300 g/mol. The maximum Gasteiger partial charge on any atom is 0.164 e. The average molecular weight is 330 g/mol. The van der Waals surface area contributed by atoms with Crippen molar-refractivity contribution < 1.29 is 14.3 Å². The Morgan fingerprint density at radius 1 is 1.12 bits per heavy atom. The van der Waals surface area contributed by atoms with E-state index in [1.165, 1.54) is 19.3 Å². The summed E-state index contributed by atoms with van der Waals surface area (Å²) in [5.41, 5.74) is -0.0313. The van der Waals surface area contributed by atoms with Crippen molar-refractivity contribution in [2.45, 2.75) is 83.8 Å². The molecule has 0 radical (unpaired) electrons. The summed E-state index contributed by atoms with van der Waals surface area (Å²) in [5, 5.41) is 0. The fourth-order valence-corrected chi connectivity index (χ4v) is 8.11. The van der Waals surface area contributed by atoms with E-state index in [1.807, 2.05) is 0 Å². The van der Waals surface area contributed by atoms with Gasteiger partial charge in [-0.3, -0.25) is 9.59 Å². The average Bonchev–Trinajstić information content (AvgIpc) is 3.21. The Balaban J connectivity index is 1.48. The SMILES string of the molecule is CC(=O)[C@@]12O[C@@H]1CC1C3CC[C@H]4CC(=O)CC[C@]4(C)C3CC[C@@]12C. The highest BCUT2D eigenvalue weighted by Gasteiger charge is 2.79. The Morgan fingerprint density at radius 2 is 1.92 bits per heavy atom. The van der Waals surface area contributed by atoms with Gasteiger partial charge in [-0.05, 0) is 74.5 Å². The van der Waals surface area contributed by atoms with Crippen LogP contribution in [0, 0.1) is 34.5 Å². The van der Waals surface area contributed by atoms with Crippen LogP contribution in [0.25, 0.3) is 0 Å². The van der Waals surface area contributed by atoms with Crippen molar-refractivity contribution in [2.75, 3.05) is 0 Å². The van der Waals surface area contributed by atoms with E-state index >= 15 is 0 Å². The molecule has 3 unspecified atom stereocenters. The van der Waals surface area contributed by atoms with E-state index in [1.54, 1.807) is 6.92 Å². The topological polar surface area (TPSA) is 46.7 Å². The molecule has 8 atom stereocenters. The Bertz CT molecular complexity index is 627. The Labute approximate surface area is 144 Å². The van der Waals surface area contributed by atoms with E-state index in [0.717, 1.165) is 43.9 Å². The second kappa shape index (κ2) is 4.52. The molecule has 0 aromatic rings. The van der Waals surface area contributed by atoms with E-state index in [4.69, 9.17) is 4.74 Å².